The van der Waals surface area contributed by atoms with Gasteiger partial charge in [0.2, 0.25) is 0 Å². The number of anilines is 3. The zero-order valence-electron chi connectivity index (χ0n) is 26.8. The third kappa shape index (κ3) is 7.27. The van der Waals surface area contributed by atoms with E-state index in [9.17, 15) is 17.9 Å². The maximum absolute atomic E-state index is 14.8. The van der Waals surface area contributed by atoms with E-state index in [0.717, 1.165) is 47.0 Å². The zero-order valence-corrected chi connectivity index (χ0v) is 27.6. The number of nitrogens with one attached hydrogen (secondary N) is 2. The maximum Gasteiger partial charge on any atom is 0.256 e. The topological polar surface area (TPSA) is 160 Å². The average Bonchev–Trinajstić information content (AvgIpc) is 3.84. The van der Waals surface area contributed by atoms with E-state index in [1.165, 1.54) is 12.4 Å². The first-order chi connectivity index (χ1) is 23.2. The molecule has 1 aliphatic heterocycles. The van der Waals surface area contributed by atoms with Crippen LogP contribution in [0.1, 0.15) is 51.4 Å². The fourth-order valence-corrected chi connectivity index (χ4v) is 7.66. The molecule has 0 unspecified atom stereocenters. The average molecular weight is 678 g/mol. The summed E-state index contributed by atoms with van der Waals surface area (Å²) in [5.74, 6) is 2.01. The van der Waals surface area contributed by atoms with Crippen molar-refractivity contribution in [3.8, 4) is 28.4 Å². The Morgan fingerprint density at radius 3 is 2.50 bits per heavy atom. The van der Waals surface area contributed by atoms with Crippen LogP contribution in [0.15, 0.2) is 55.2 Å². The molecule has 3 fully saturated rings. The molecule has 0 radical (unpaired) electrons. The standard InChI is InChI=1S/C33H40FN9O4S/c1-42-14-9-24(10-15-42)47-25-2-5-28(36-18-25)27-19-37-31(16-29(27)39-23-6-11-33(34,21-44)12-7-23)40-30-8-13-35-32(41-30)22-17-38-43(20-22)48(45,46)26-3-4-26/h2,5,8,13,16-20,23-24,26,44H,3-4,6-7,9-12,14-15,21H2,1H3,(H2,35,37,39,40,41). The van der Waals surface area contributed by atoms with E-state index in [2.05, 4.69) is 42.6 Å². The van der Waals surface area contributed by atoms with Crippen LogP contribution in [0.3, 0.4) is 0 Å². The second-order valence-corrected chi connectivity index (χ2v) is 15.1. The van der Waals surface area contributed by atoms with Crippen LogP contribution < -0.4 is 15.4 Å². The van der Waals surface area contributed by atoms with Crippen LogP contribution >= 0.6 is 0 Å². The van der Waals surface area contributed by atoms with Gasteiger partial charge in [-0.25, -0.2) is 27.8 Å². The Balaban J connectivity index is 1.11. The molecule has 2 aliphatic carbocycles. The van der Waals surface area contributed by atoms with E-state index >= 15 is 0 Å². The van der Waals surface area contributed by atoms with Gasteiger partial charge in [-0.05, 0) is 76.6 Å². The molecule has 3 aliphatic rings. The lowest BCUT2D eigenvalue weighted by molar-refractivity contribution is 0.0337. The van der Waals surface area contributed by atoms with Gasteiger partial charge < -0.3 is 25.4 Å². The third-order valence-electron chi connectivity index (χ3n) is 9.35. The molecule has 3 N–H and O–H groups in total. The molecule has 0 bridgehead atoms. The predicted octanol–water partition coefficient (Wildman–Crippen LogP) is 4.41. The van der Waals surface area contributed by atoms with Gasteiger partial charge in [0.05, 0.1) is 41.7 Å². The number of halogens is 1. The van der Waals surface area contributed by atoms with Crippen molar-refractivity contribution in [2.24, 2.45) is 0 Å². The minimum atomic E-state index is -3.50. The fourth-order valence-electron chi connectivity index (χ4n) is 6.19. The van der Waals surface area contributed by atoms with E-state index in [1.807, 2.05) is 18.2 Å². The molecule has 48 heavy (non-hydrogen) atoms. The molecular formula is C33H40FN9O4S. The van der Waals surface area contributed by atoms with Crippen LogP contribution in [0.5, 0.6) is 5.75 Å². The third-order valence-corrected chi connectivity index (χ3v) is 11.4. The van der Waals surface area contributed by atoms with Crippen molar-refractivity contribution in [1.29, 1.82) is 0 Å². The first-order valence-electron chi connectivity index (χ1n) is 16.4. The summed E-state index contributed by atoms with van der Waals surface area (Å²) in [7, 11) is -1.39. The van der Waals surface area contributed by atoms with Gasteiger partial charge in [-0.2, -0.15) is 9.19 Å². The van der Waals surface area contributed by atoms with Crippen LogP contribution in [0.25, 0.3) is 22.6 Å². The highest BCUT2D eigenvalue weighted by Gasteiger charge is 2.38. The van der Waals surface area contributed by atoms with Gasteiger partial charge in [-0.15, -0.1) is 0 Å². The monoisotopic (exact) mass is 677 g/mol. The lowest BCUT2D eigenvalue weighted by atomic mass is 9.84. The predicted molar refractivity (Wildman–Crippen MR) is 179 cm³/mol. The van der Waals surface area contributed by atoms with E-state index in [4.69, 9.17) is 9.72 Å². The second kappa shape index (κ2) is 13.4. The minimum absolute atomic E-state index is 0.00410. The lowest BCUT2D eigenvalue weighted by Gasteiger charge is -2.33. The summed E-state index contributed by atoms with van der Waals surface area (Å²) in [6, 6.07) is 7.40. The largest absolute Gasteiger partial charge is 0.489 e. The van der Waals surface area contributed by atoms with Crippen molar-refractivity contribution < 1.29 is 22.7 Å². The number of rotatable bonds is 11. The first-order valence-corrected chi connectivity index (χ1v) is 18.0. The van der Waals surface area contributed by atoms with E-state index in [0.29, 0.717) is 54.4 Å². The Bertz CT molecular complexity index is 1840. The van der Waals surface area contributed by atoms with E-state index in [-0.39, 0.29) is 30.2 Å². The number of alkyl halides is 1. The van der Waals surface area contributed by atoms with Gasteiger partial charge in [0.25, 0.3) is 10.0 Å². The highest BCUT2D eigenvalue weighted by Crippen LogP contribution is 2.36. The summed E-state index contributed by atoms with van der Waals surface area (Å²) in [4.78, 5) is 20.6. The van der Waals surface area contributed by atoms with E-state index < -0.39 is 22.3 Å². The molecule has 4 aromatic rings. The lowest BCUT2D eigenvalue weighted by Crippen LogP contribution is -2.37. The Kier molecular flexibility index (Phi) is 9.00. The number of piperidine rings is 1. The Hall–Kier alpha value is -4.21. The molecule has 4 aromatic heterocycles. The van der Waals surface area contributed by atoms with Crippen molar-refractivity contribution in [3.63, 3.8) is 0 Å². The Morgan fingerprint density at radius 1 is 1.00 bits per heavy atom. The number of aliphatic hydroxyl groups is 1. The molecule has 0 spiro atoms. The van der Waals surface area contributed by atoms with Crippen LogP contribution in [0.2, 0.25) is 0 Å². The van der Waals surface area contributed by atoms with Crippen molar-refractivity contribution in [1.82, 2.24) is 34.0 Å². The summed E-state index contributed by atoms with van der Waals surface area (Å²) < 4.78 is 47.2. The number of hydrogen-bond acceptors (Lipinski definition) is 12. The number of ether oxygens (including phenoxy) is 1. The summed E-state index contributed by atoms with van der Waals surface area (Å²) in [5.41, 5.74) is 1.19. The SMILES string of the molecule is CN1CCC(Oc2ccc(-c3cnc(Nc4ccnc(-c5cnn(S(=O)(=O)C6CC6)c5)n4)cc3NC3CCC(F)(CO)CC3)nc2)CC1. The fraction of sp³-hybridized carbons (Fsp3) is 0.485. The summed E-state index contributed by atoms with van der Waals surface area (Å²) in [6.45, 7) is 1.54. The van der Waals surface area contributed by atoms with Gasteiger partial charge in [0, 0.05) is 48.8 Å². The Morgan fingerprint density at radius 2 is 1.79 bits per heavy atom. The minimum Gasteiger partial charge on any atom is -0.489 e. The van der Waals surface area contributed by atoms with E-state index in [1.54, 1.807) is 24.7 Å². The van der Waals surface area contributed by atoms with Gasteiger partial charge in [0.1, 0.15) is 29.2 Å². The molecule has 0 aromatic carbocycles. The van der Waals surface area contributed by atoms with Crippen LogP contribution in [-0.2, 0) is 10.0 Å². The number of aromatic nitrogens is 6. The highest BCUT2D eigenvalue weighted by molar-refractivity contribution is 7.90. The number of pyridine rings is 2. The van der Waals surface area contributed by atoms with Crippen molar-refractivity contribution >= 4 is 27.3 Å². The molecule has 15 heteroatoms. The number of likely N-dealkylation sites (tertiary alicyclic amines) is 1. The second-order valence-electron chi connectivity index (χ2n) is 13.1. The van der Waals surface area contributed by atoms with Crippen molar-refractivity contribution in [3.05, 3.63) is 55.2 Å². The quantitative estimate of drug-likeness (QED) is 0.206. The van der Waals surface area contributed by atoms with Gasteiger partial charge in [-0.1, -0.05) is 0 Å². The summed E-state index contributed by atoms with van der Waals surface area (Å²) in [5, 5.41) is 20.0. The summed E-state index contributed by atoms with van der Waals surface area (Å²) in [6.07, 6.45) is 13.0. The zero-order chi connectivity index (χ0) is 33.3. The van der Waals surface area contributed by atoms with Gasteiger partial charge in [0.15, 0.2) is 5.82 Å². The molecule has 5 heterocycles. The molecule has 1 saturated heterocycles. The molecular weight excluding hydrogens is 637 g/mol. The molecule has 0 atom stereocenters. The van der Waals surface area contributed by atoms with Crippen LogP contribution in [0, 0.1) is 0 Å². The Labute approximate surface area is 279 Å². The maximum atomic E-state index is 14.8. The molecule has 254 valence electrons. The van der Waals surface area contributed by atoms with Crippen molar-refractivity contribution in [2.75, 3.05) is 37.4 Å². The first kappa shape index (κ1) is 32.3. The van der Waals surface area contributed by atoms with Crippen molar-refractivity contribution in [2.45, 2.75) is 74.4 Å². The number of nitrogens with zero attached hydrogens (tertiary/aromatic N) is 7. The van der Waals surface area contributed by atoms with Crippen LogP contribution in [0.4, 0.5) is 21.7 Å². The normalized spacial score (nSPS) is 22.4. The summed E-state index contributed by atoms with van der Waals surface area (Å²) >= 11 is 0. The molecule has 0 amide bonds. The smallest absolute Gasteiger partial charge is 0.256 e. The molecule has 7 rings (SSSR count). The van der Waals surface area contributed by atoms with Gasteiger partial charge >= 0.3 is 0 Å². The molecule has 2 saturated carbocycles. The number of hydrogen-bond donors (Lipinski definition) is 3. The van der Waals surface area contributed by atoms with Crippen LogP contribution in [-0.4, -0.2) is 97.4 Å². The van der Waals surface area contributed by atoms with Gasteiger partial charge in [-0.3, -0.25) is 4.98 Å². The highest BCUT2D eigenvalue weighted by atomic mass is 32.2. The molecule has 13 nitrogen and oxygen atoms in total. The number of aliphatic hydroxyl groups excluding tert-OH is 1.